The van der Waals surface area contributed by atoms with Crippen molar-refractivity contribution < 1.29 is 48.3 Å². The van der Waals surface area contributed by atoms with Gasteiger partial charge in [-0.05, 0) is 101 Å². The number of carbonyl (C=O) groups is 9. The van der Waals surface area contributed by atoms with Crippen molar-refractivity contribution in [3.8, 4) is 0 Å². The normalized spacial score (nSPS) is 24.5. The van der Waals surface area contributed by atoms with Gasteiger partial charge >= 0.3 is 0 Å². The van der Waals surface area contributed by atoms with Crippen LogP contribution >= 0.6 is 0 Å². The lowest BCUT2D eigenvalue weighted by atomic mass is 10.00. The van der Waals surface area contributed by atoms with Gasteiger partial charge in [-0.1, -0.05) is 56.3 Å². The number of piperidine rings is 1. The van der Waals surface area contributed by atoms with Crippen LogP contribution in [0, 0.1) is 5.92 Å². The summed E-state index contributed by atoms with van der Waals surface area (Å²) < 4.78 is 0. The number of hydrogen-bond acceptors (Lipinski definition) is 13. The van der Waals surface area contributed by atoms with Gasteiger partial charge in [0.25, 0.3) is 0 Å². The molecular formula is C48H72N12O10. The first-order valence-electron chi connectivity index (χ1n) is 24.0. The topological polar surface area (TPSA) is 351 Å². The molecule has 0 aromatic heterocycles. The van der Waals surface area contributed by atoms with Crippen LogP contribution in [-0.2, 0) is 56.0 Å². The lowest BCUT2D eigenvalue weighted by molar-refractivity contribution is -0.136. The Hall–Kier alpha value is -6.49. The number of anilines is 1. The second kappa shape index (κ2) is 28.2. The average Bonchev–Trinajstić information content (AvgIpc) is 3.32. The number of nitrogens with zero attached hydrogens (tertiary/aromatic N) is 1. The average molecular weight is 977 g/mol. The fourth-order valence-electron chi connectivity index (χ4n) is 8.11. The molecule has 0 aliphatic carbocycles. The van der Waals surface area contributed by atoms with Crippen LogP contribution in [0.5, 0.6) is 0 Å². The molecule has 2 aliphatic rings. The zero-order chi connectivity index (χ0) is 51.3. The third-order valence-electron chi connectivity index (χ3n) is 11.9. The lowest BCUT2D eigenvalue weighted by Crippen LogP contribution is -2.61. The Labute approximate surface area is 408 Å². The molecule has 0 bridgehead atoms. The summed E-state index contributed by atoms with van der Waals surface area (Å²) in [6.07, 6.45) is 0.00377. The Balaban J connectivity index is 1.71. The molecule has 2 fully saturated rings. The first kappa shape index (κ1) is 56.1. The van der Waals surface area contributed by atoms with Crippen LogP contribution in [0.4, 0.5) is 5.69 Å². The fraction of sp³-hybridized carbons (Fsp3) is 0.562. The van der Waals surface area contributed by atoms with Gasteiger partial charge in [-0.3, -0.25) is 43.2 Å². The minimum absolute atomic E-state index is 0.0113. The standard InChI is InChI=1S/C48H72N12O10/c1-28(2)25-37-46(68)56-33(16-20-49)42(64)55-35(18-22-51)45(67)59-41(29(3)61)48(70)52-23-19-36(53-39(62)27-31-12-14-32(15-13-31)60-24-8-7-11-40(60)63)44(66)54-34(17-21-50)43(65)58-38(47(69)57-37)26-30-9-5-4-6-10-30/h4-6,9-10,12-15,28-29,33-38,41,61H,7-8,11,16-27,49-51H2,1-3H3,(H,52,70)(H,53,62)(H,54,66)(H,55,64)(H,56,68)(H,57,69)(H,58,65)(H,59,67)/t29-,33+,34+,35+,36+,37+,38-,41+/m1/s1. The molecule has 15 N–H and O–H groups in total. The van der Waals surface area contributed by atoms with E-state index >= 15 is 0 Å². The molecule has 0 unspecified atom stereocenters. The molecular weight excluding hydrogens is 905 g/mol. The molecule has 2 aliphatic heterocycles. The highest BCUT2D eigenvalue weighted by molar-refractivity contribution is 5.98. The van der Waals surface area contributed by atoms with E-state index in [1.165, 1.54) is 6.92 Å². The zero-order valence-corrected chi connectivity index (χ0v) is 40.3. The summed E-state index contributed by atoms with van der Waals surface area (Å²) in [6.45, 7) is 4.95. The molecule has 0 radical (unpaired) electrons. The number of nitrogens with one attached hydrogen (secondary N) is 8. The second-order valence-electron chi connectivity index (χ2n) is 18.1. The monoisotopic (exact) mass is 977 g/mol. The molecule has 2 heterocycles. The maximum absolute atomic E-state index is 14.3. The SMILES string of the molecule is CC(C)C[C@@H]1NC(=O)[C@@H](Cc2ccccc2)NC(=O)[C@H](CCN)NC(=O)[C@@H](NC(=O)Cc2ccc(N3CCCCC3=O)cc2)CCNC(=O)[C@H]([C@@H](C)O)NC(=O)[C@H](CCN)NC(=O)[C@H](CCN)NC1=O. The fourth-order valence-corrected chi connectivity index (χ4v) is 8.11. The van der Waals surface area contributed by atoms with Gasteiger partial charge in [-0.2, -0.15) is 0 Å². The minimum atomic E-state index is -1.57. The number of aliphatic hydroxyl groups excluding tert-OH is 1. The van der Waals surface area contributed by atoms with Crippen LogP contribution in [0.25, 0.3) is 0 Å². The third-order valence-corrected chi connectivity index (χ3v) is 11.9. The third kappa shape index (κ3) is 17.5. The summed E-state index contributed by atoms with van der Waals surface area (Å²) >= 11 is 0. The maximum Gasteiger partial charge on any atom is 0.245 e. The molecule has 2 aromatic rings. The Morgan fingerprint density at radius 3 is 1.70 bits per heavy atom. The Morgan fingerprint density at radius 1 is 0.643 bits per heavy atom. The summed E-state index contributed by atoms with van der Waals surface area (Å²) in [5, 5.41) is 31.7. The van der Waals surface area contributed by atoms with Crippen molar-refractivity contribution in [3.05, 3.63) is 65.7 Å². The molecule has 2 aromatic carbocycles. The largest absolute Gasteiger partial charge is 0.391 e. The highest BCUT2D eigenvalue weighted by atomic mass is 16.3. The van der Waals surface area contributed by atoms with Gasteiger partial charge < -0.3 is 69.7 Å². The molecule has 2 saturated heterocycles. The minimum Gasteiger partial charge on any atom is -0.391 e. The van der Waals surface area contributed by atoms with Gasteiger partial charge in [0.2, 0.25) is 53.2 Å². The maximum atomic E-state index is 14.3. The number of aliphatic hydroxyl groups is 1. The lowest BCUT2D eigenvalue weighted by Gasteiger charge is -2.28. The molecule has 4 rings (SSSR count). The van der Waals surface area contributed by atoms with E-state index in [1.807, 2.05) is 13.8 Å². The Bertz CT molecular complexity index is 2110. The molecule has 22 nitrogen and oxygen atoms in total. The van der Waals surface area contributed by atoms with Gasteiger partial charge in [-0.25, -0.2) is 0 Å². The predicted octanol–water partition coefficient (Wildman–Crippen LogP) is -2.62. The smallest absolute Gasteiger partial charge is 0.245 e. The molecule has 384 valence electrons. The van der Waals surface area contributed by atoms with Crippen LogP contribution in [0.15, 0.2) is 54.6 Å². The van der Waals surface area contributed by atoms with Gasteiger partial charge in [0, 0.05) is 31.6 Å². The van der Waals surface area contributed by atoms with Crippen molar-refractivity contribution in [2.24, 2.45) is 23.1 Å². The van der Waals surface area contributed by atoms with Crippen LogP contribution in [0.1, 0.15) is 83.3 Å². The number of hydrogen-bond donors (Lipinski definition) is 12. The van der Waals surface area contributed by atoms with Crippen LogP contribution < -0.4 is 64.6 Å². The van der Waals surface area contributed by atoms with Gasteiger partial charge in [0.1, 0.15) is 42.3 Å². The van der Waals surface area contributed by atoms with Gasteiger partial charge in [-0.15, -0.1) is 0 Å². The van der Waals surface area contributed by atoms with Crippen LogP contribution in [-0.4, -0.2) is 139 Å². The van der Waals surface area contributed by atoms with E-state index in [-0.39, 0.29) is 82.9 Å². The van der Waals surface area contributed by atoms with E-state index in [1.54, 1.807) is 59.5 Å². The molecule has 0 spiro atoms. The first-order valence-corrected chi connectivity index (χ1v) is 24.0. The highest BCUT2D eigenvalue weighted by Gasteiger charge is 2.35. The molecule has 70 heavy (non-hydrogen) atoms. The Kier molecular flexibility index (Phi) is 22.6. The number of benzene rings is 2. The van der Waals surface area contributed by atoms with E-state index in [4.69, 9.17) is 17.2 Å². The van der Waals surface area contributed by atoms with Crippen LogP contribution in [0.2, 0.25) is 0 Å². The predicted molar refractivity (Wildman–Crippen MR) is 260 cm³/mol. The summed E-state index contributed by atoms with van der Waals surface area (Å²) in [7, 11) is 0. The first-order chi connectivity index (χ1) is 33.4. The number of amides is 9. The highest BCUT2D eigenvalue weighted by Crippen LogP contribution is 2.21. The quantitative estimate of drug-likeness (QED) is 0.0871. The zero-order valence-electron chi connectivity index (χ0n) is 40.3. The molecule has 8 atom stereocenters. The molecule has 22 heteroatoms. The van der Waals surface area contributed by atoms with Crippen molar-refractivity contribution in [1.29, 1.82) is 0 Å². The van der Waals surface area contributed by atoms with Gasteiger partial charge in [0.15, 0.2) is 0 Å². The molecule has 9 amide bonds. The van der Waals surface area contributed by atoms with Crippen molar-refractivity contribution in [2.75, 3.05) is 37.6 Å². The van der Waals surface area contributed by atoms with E-state index < -0.39 is 95.7 Å². The Morgan fingerprint density at radius 2 is 1.16 bits per heavy atom. The van der Waals surface area contributed by atoms with Gasteiger partial charge in [0.05, 0.1) is 12.5 Å². The van der Waals surface area contributed by atoms with Crippen molar-refractivity contribution >= 4 is 58.9 Å². The summed E-state index contributed by atoms with van der Waals surface area (Å²) in [5.41, 5.74) is 19.5. The van der Waals surface area contributed by atoms with Crippen molar-refractivity contribution in [3.63, 3.8) is 0 Å². The summed E-state index contributed by atoms with van der Waals surface area (Å²) in [4.78, 5) is 126. The second-order valence-corrected chi connectivity index (χ2v) is 18.1. The number of carbonyl (C=O) groups excluding carboxylic acids is 9. The van der Waals surface area contributed by atoms with E-state index in [0.29, 0.717) is 29.8 Å². The van der Waals surface area contributed by atoms with E-state index in [9.17, 15) is 48.3 Å². The van der Waals surface area contributed by atoms with E-state index in [0.717, 1.165) is 12.8 Å². The number of rotatable bonds is 15. The van der Waals surface area contributed by atoms with E-state index in [2.05, 4.69) is 42.5 Å². The molecule has 0 saturated carbocycles. The summed E-state index contributed by atoms with van der Waals surface area (Å²) in [5.74, 6) is -6.45. The van der Waals surface area contributed by atoms with Crippen LogP contribution in [0.3, 0.4) is 0 Å². The summed E-state index contributed by atoms with van der Waals surface area (Å²) in [6, 6.07) is 6.18. The number of nitrogens with two attached hydrogens (primary N) is 3. The van der Waals surface area contributed by atoms with Crippen molar-refractivity contribution in [1.82, 2.24) is 42.5 Å². The van der Waals surface area contributed by atoms with Crippen molar-refractivity contribution in [2.45, 2.75) is 133 Å².